The number of ether oxygens (including phenoxy) is 1. The Labute approximate surface area is 466 Å². The summed E-state index contributed by atoms with van der Waals surface area (Å²) >= 11 is 0. The van der Waals surface area contributed by atoms with Gasteiger partial charge in [0, 0.05) is 57.3 Å². The van der Waals surface area contributed by atoms with E-state index in [1.165, 1.54) is 112 Å². The smallest absolute Gasteiger partial charge is 0.256 e. The van der Waals surface area contributed by atoms with Gasteiger partial charge in [0.2, 0.25) is 0 Å². The molecule has 0 amide bonds. The summed E-state index contributed by atoms with van der Waals surface area (Å²) in [5, 5.41) is 0. The molecule has 0 atom stereocenters. The summed E-state index contributed by atoms with van der Waals surface area (Å²) in [5.74, 6) is 1.87. The predicted octanol–water partition coefficient (Wildman–Crippen LogP) is 15.5. The van der Waals surface area contributed by atoms with Crippen LogP contribution in [0.2, 0.25) is 0 Å². The van der Waals surface area contributed by atoms with E-state index in [0.717, 1.165) is 42.1 Å². The van der Waals surface area contributed by atoms with E-state index in [2.05, 4.69) is 263 Å². The minimum absolute atomic E-state index is 0.00502. The molecule has 0 spiro atoms. The normalized spacial score (nSPS) is 18.3. The molecule has 14 rings (SSSR count). The second kappa shape index (κ2) is 16.3. The third-order valence-electron chi connectivity index (χ3n) is 19.7. The summed E-state index contributed by atoms with van der Waals surface area (Å²) in [6, 6.07) is 59.1. The average Bonchev–Trinajstić information content (AvgIpc) is 2.37. The predicted molar refractivity (Wildman–Crippen MR) is 334 cm³/mol. The monoisotopic (exact) mass is 1020 g/mol. The Morgan fingerprint density at radius 2 is 0.795 bits per heavy atom. The molecule has 6 aliphatic rings. The van der Waals surface area contributed by atoms with E-state index in [0.29, 0.717) is 0 Å². The minimum Gasteiger partial charge on any atom is -0.458 e. The Balaban J connectivity index is 1.10. The highest BCUT2D eigenvalue weighted by atomic mass is 16.5. The zero-order chi connectivity index (χ0) is 54.4. The quantitative estimate of drug-likeness (QED) is 0.164. The molecule has 4 nitrogen and oxygen atoms in total. The average molecular weight is 1020 g/mol. The van der Waals surface area contributed by atoms with Gasteiger partial charge in [-0.3, -0.25) is 0 Å². The van der Waals surface area contributed by atoms with Crippen LogP contribution in [0.15, 0.2) is 152 Å². The first-order valence-electron chi connectivity index (χ1n) is 29.1. The van der Waals surface area contributed by atoms with Gasteiger partial charge in [0.05, 0.1) is 0 Å². The maximum absolute atomic E-state index is 7.57. The van der Waals surface area contributed by atoms with Crippen molar-refractivity contribution in [2.24, 2.45) is 0 Å². The second-order valence-electron chi connectivity index (χ2n) is 28.7. The van der Waals surface area contributed by atoms with Crippen molar-refractivity contribution in [3.05, 3.63) is 185 Å². The van der Waals surface area contributed by atoms with E-state index in [1.807, 2.05) is 0 Å². The number of hydrogen-bond donors (Lipinski definition) is 0. The molecule has 4 aliphatic heterocycles. The van der Waals surface area contributed by atoms with Crippen molar-refractivity contribution in [3.8, 4) is 11.5 Å². The lowest BCUT2D eigenvalue weighted by Crippen LogP contribution is -2.64. The maximum Gasteiger partial charge on any atom is 0.256 e. The first-order valence-corrected chi connectivity index (χ1v) is 29.1. The second-order valence-corrected chi connectivity index (χ2v) is 28.7. The minimum atomic E-state index is -0.146. The molecule has 0 aromatic heterocycles. The molecule has 0 fully saturated rings. The molecular weight excluding hydrogens is 944 g/mol. The molecular formula is C72H75B2N3O. The van der Waals surface area contributed by atoms with Gasteiger partial charge in [-0.15, -0.1) is 0 Å². The van der Waals surface area contributed by atoms with E-state index in [-0.39, 0.29) is 45.9 Å². The van der Waals surface area contributed by atoms with Crippen molar-refractivity contribution in [1.29, 1.82) is 0 Å². The number of hydrogen-bond acceptors (Lipinski definition) is 4. The third kappa shape index (κ3) is 7.19. The molecule has 0 radical (unpaired) electrons. The summed E-state index contributed by atoms with van der Waals surface area (Å²) < 4.78 is 7.57. The Bertz CT molecular complexity index is 3840. The number of para-hydroxylation sites is 3. The molecule has 0 saturated carbocycles. The van der Waals surface area contributed by atoms with Crippen LogP contribution in [0.4, 0.5) is 51.2 Å². The van der Waals surface area contributed by atoms with Crippen molar-refractivity contribution in [2.45, 2.75) is 155 Å². The SMILES string of the molecule is CC(C)(C)c1cc2c3c(c1)N(c1ccccc1)c1ccccc1B3c1cc3c(cc1O2)N(c1ccccc1)c1cc(C(C)(C)C)cc2c1B3c1cc3c(cc1N2c1ccc2c(c1)C(C)(C)CCC2(C)C)C(C)(C)CCC3(C)C. The van der Waals surface area contributed by atoms with Crippen LogP contribution in [0, 0.1) is 0 Å². The van der Waals surface area contributed by atoms with Crippen molar-refractivity contribution >= 4 is 97.4 Å². The molecule has 0 N–H and O–H groups in total. The van der Waals surface area contributed by atoms with Gasteiger partial charge >= 0.3 is 0 Å². The van der Waals surface area contributed by atoms with Crippen LogP contribution in [0.5, 0.6) is 11.5 Å². The van der Waals surface area contributed by atoms with Crippen LogP contribution in [0.3, 0.4) is 0 Å². The molecule has 0 bridgehead atoms. The van der Waals surface area contributed by atoms with Crippen molar-refractivity contribution in [1.82, 2.24) is 0 Å². The zero-order valence-electron chi connectivity index (χ0n) is 48.7. The lowest BCUT2D eigenvalue weighted by atomic mass is 9.30. The van der Waals surface area contributed by atoms with Gasteiger partial charge in [-0.1, -0.05) is 170 Å². The summed E-state index contributed by atoms with van der Waals surface area (Å²) in [5.41, 5.74) is 27.2. The van der Waals surface area contributed by atoms with Gasteiger partial charge in [-0.05, 0) is 197 Å². The highest BCUT2D eigenvalue weighted by Crippen LogP contribution is 2.54. The molecule has 0 unspecified atom stereocenters. The molecule has 0 saturated heterocycles. The lowest BCUT2D eigenvalue weighted by molar-refractivity contribution is 0.332. The zero-order valence-corrected chi connectivity index (χ0v) is 48.7. The number of rotatable bonds is 3. The number of fused-ring (bicyclic) bond motifs is 10. The standard InChI is InChI=1S/C72H75B2N3O/c1-67(2,3)44-35-60-65-61(36-44)77(48-29-30-49-50(39-48)70(9,10)32-31-69(49,7)8)58-41-52-51(71(11,12)33-34-72(52,13)14)40-54(58)74(65)55-42-56-63(43-59(55)76(60)47-25-19-16-20-26-47)78-64-38-45(68(4,5)6)37-62-66(64)73(56)53-27-21-22-28-57(53)75(62)46-23-17-15-18-24-46/h15-30,35-43H,31-34H2,1-14H3. The Hall–Kier alpha value is -6.91. The summed E-state index contributed by atoms with van der Waals surface area (Å²) in [4.78, 5) is 7.80. The van der Waals surface area contributed by atoms with Gasteiger partial charge in [0.25, 0.3) is 13.4 Å². The van der Waals surface area contributed by atoms with Crippen LogP contribution < -0.4 is 52.2 Å². The fourth-order valence-corrected chi connectivity index (χ4v) is 14.8. The summed E-state index contributed by atoms with van der Waals surface area (Å²) in [6.07, 6.45) is 4.65. The van der Waals surface area contributed by atoms with E-state index in [1.54, 1.807) is 0 Å². The molecule has 2 aliphatic carbocycles. The fraction of sp³-hybridized carbons (Fsp3) is 0.333. The molecule has 4 heterocycles. The van der Waals surface area contributed by atoms with E-state index < -0.39 is 0 Å². The summed E-state index contributed by atoms with van der Waals surface area (Å²) in [7, 11) is 0. The van der Waals surface area contributed by atoms with Gasteiger partial charge in [-0.2, -0.15) is 0 Å². The van der Waals surface area contributed by atoms with Crippen molar-refractivity contribution in [2.75, 3.05) is 14.7 Å². The molecule has 390 valence electrons. The maximum atomic E-state index is 7.57. The van der Waals surface area contributed by atoms with Gasteiger partial charge in [0.1, 0.15) is 11.5 Å². The molecule has 6 heteroatoms. The molecule has 8 aromatic rings. The number of benzene rings is 8. The summed E-state index contributed by atoms with van der Waals surface area (Å²) in [6.45, 7) is 33.8. The molecule has 8 aromatic carbocycles. The highest BCUT2D eigenvalue weighted by molar-refractivity contribution is 7.02. The number of nitrogens with zero attached hydrogens (tertiary/aromatic N) is 3. The van der Waals surface area contributed by atoms with E-state index in [4.69, 9.17) is 4.74 Å². The third-order valence-corrected chi connectivity index (χ3v) is 19.7. The van der Waals surface area contributed by atoms with Gasteiger partial charge in [-0.25, -0.2) is 0 Å². The Morgan fingerprint density at radius 1 is 0.346 bits per heavy atom. The van der Waals surface area contributed by atoms with Crippen molar-refractivity contribution in [3.63, 3.8) is 0 Å². The fourth-order valence-electron chi connectivity index (χ4n) is 14.8. The van der Waals surface area contributed by atoms with E-state index >= 15 is 0 Å². The van der Waals surface area contributed by atoms with Gasteiger partial charge in [0.15, 0.2) is 0 Å². The van der Waals surface area contributed by atoms with Crippen LogP contribution in [0.25, 0.3) is 0 Å². The Morgan fingerprint density at radius 3 is 1.38 bits per heavy atom. The topological polar surface area (TPSA) is 19.0 Å². The highest BCUT2D eigenvalue weighted by Gasteiger charge is 2.50. The van der Waals surface area contributed by atoms with Crippen LogP contribution in [-0.4, -0.2) is 13.4 Å². The number of anilines is 9. The van der Waals surface area contributed by atoms with Crippen molar-refractivity contribution < 1.29 is 4.74 Å². The van der Waals surface area contributed by atoms with Crippen LogP contribution in [-0.2, 0) is 32.5 Å². The van der Waals surface area contributed by atoms with Gasteiger partial charge < -0.3 is 19.4 Å². The first-order chi connectivity index (χ1) is 36.9. The molecule has 78 heavy (non-hydrogen) atoms. The Kier molecular flexibility index (Phi) is 10.3. The lowest BCUT2D eigenvalue weighted by Gasteiger charge is -2.48. The van der Waals surface area contributed by atoms with Crippen LogP contribution >= 0.6 is 0 Å². The van der Waals surface area contributed by atoms with E-state index in [9.17, 15) is 0 Å². The first kappa shape index (κ1) is 49.4. The van der Waals surface area contributed by atoms with Crippen LogP contribution in [0.1, 0.15) is 156 Å². The largest absolute Gasteiger partial charge is 0.458 e.